The van der Waals surface area contributed by atoms with E-state index < -0.39 is 0 Å². The summed E-state index contributed by atoms with van der Waals surface area (Å²) in [7, 11) is 2.23. The number of thiazole rings is 1. The van der Waals surface area contributed by atoms with Crippen LogP contribution in [0.3, 0.4) is 0 Å². The first kappa shape index (κ1) is 16.4. The van der Waals surface area contributed by atoms with Gasteiger partial charge in [-0.3, -0.25) is 4.90 Å². The predicted molar refractivity (Wildman–Crippen MR) is 89.4 cm³/mol. The highest BCUT2D eigenvalue weighted by atomic mass is 32.1. The van der Waals surface area contributed by atoms with Crippen molar-refractivity contribution in [2.24, 2.45) is 0 Å². The van der Waals surface area contributed by atoms with Crippen molar-refractivity contribution in [3.8, 4) is 0 Å². The van der Waals surface area contributed by atoms with E-state index in [1.165, 1.54) is 10.7 Å². The lowest BCUT2D eigenvalue weighted by atomic mass is 9.83. The highest BCUT2D eigenvalue weighted by Gasteiger charge is 2.40. The second kappa shape index (κ2) is 6.95. The van der Waals surface area contributed by atoms with Crippen molar-refractivity contribution in [2.75, 3.05) is 26.9 Å². The molecule has 1 aromatic heterocycles. The van der Waals surface area contributed by atoms with Gasteiger partial charge in [-0.2, -0.15) is 0 Å². The summed E-state index contributed by atoms with van der Waals surface area (Å²) in [5, 5.41) is 3.46. The molecular weight excluding hydrogens is 296 g/mol. The topological polar surface area (TPSA) is 34.6 Å². The molecule has 1 atom stereocenters. The molecule has 2 aliphatic heterocycles. The van der Waals surface area contributed by atoms with E-state index in [0.717, 1.165) is 52.0 Å². The Hall–Kier alpha value is -0.490. The summed E-state index contributed by atoms with van der Waals surface area (Å²) in [5.41, 5.74) is 1.28. The second-order valence-corrected chi connectivity index (χ2v) is 7.93. The average Bonchev–Trinajstić information content (AvgIpc) is 2.97. The van der Waals surface area contributed by atoms with Gasteiger partial charge in [-0.25, -0.2) is 4.98 Å². The molecule has 0 aliphatic carbocycles. The monoisotopic (exact) mass is 324 g/mol. The van der Waals surface area contributed by atoms with Crippen molar-refractivity contribution in [1.29, 1.82) is 0 Å². The lowest BCUT2D eigenvalue weighted by Gasteiger charge is -2.45. The third-order valence-corrected chi connectivity index (χ3v) is 6.16. The molecule has 0 unspecified atom stereocenters. The van der Waals surface area contributed by atoms with Gasteiger partial charge in [0.1, 0.15) is 0 Å². The van der Waals surface area contributed by atoms with Gasteiger partial charge in [0.05, 0.1) is 16.3 Å². The number of nitrogens with zero attached hydrogens (tertiary/aromatic N) is 2. The maximum absolute atomic E-state index is 6.15. The number of aromatic nitrogens is 1. The summed E-state index contributed by atoms with van der Waals surface area (Å²) in [5.74, 6) is 0.526. The third-order valence-electron chi connectivity index (χ3n) is 4.97. The van der Waals surface area contributed by atoms with Crippen LogP contribution in [-0.4, -0.2) is 48.4 Å². The Morgan fingerprint density at radius 1 is 1.36 bits per heavy atom. The molecule has 2 aliphatic rings. The molecule has 0 bridgehead atoms. The van der Waals surface area contributed by atoms with Crippen LogP contribution in [0.2, 0.25) is 0 Å². The first-order chi connectivity index (χ1) is 10.6. The van der Waals surface area contributed by atoms with Crippen molar-refractivity contribution in [3.05, 3.63) is 16.1 Å². The SMILES string of the molecule is CC(C)c1nc(CN(C)[C@@H]2CCOC3(CCOCC3)C2)cs1. The van der Waals surface area contributed by atoms with E-state index in [-0.39, 0.29) is 5.60 Å². The Bertz CT molecular complexity index is 477. The summed E-state index contributed by atoms with van der Waals surface area (Å²) < 4.78 is 11.7. The fourth-order valence-corrected chi connectivity index (χ4v) is 4.34. The lowest BCUT2D eigenvalue weighted by Crippen LogP contribution is -2.50. The number of hydrogen-bond donors (Lipinski definition) is 0. The molecule has 3 rings (SSSR count). The minimum atomic E-state index is 0.0700. The Balaban J connectivity index is 1.60. The Morgan fingerprint density at radius 2 is 2.14 bits per heavy atom. The molecule has 4 nitrogen and oxygen atoms in total. The van der Waals surface area contributed by atoms with E-state index in [0.29, 0.717) is 12.0 Å². The van der Waals surface area contributed by atoms with Gasteiger partial charge < -0.3 is 9.47 Å². The standard InChI is InChI=1S/C17H28N2O2S/c1-13(2)16-18-14(12-22-16)11-19(3)15-4-7-21-17(10-15)5-8-20-9-6-17/h12-13,15H,4-11H2,1-3H3/t15-/m1/s1. The largest absolute Gasteiger partial charge is 0.381 e. The molecule has 0 aromatic carbocycles. The number of ether oxygens (including phenoxy) is 2. The van der Waals surface area contributed by atoms with Crippen LogP contribution in [0.15, 0.2) is 5.38 Å². The quantitative estimate of drug-likeness (QED) is 0.850. The van der Waals surface area contributed by atoms with E-state index in [2.05, 4.69) is 31.2 Å². The summed E-state index contributed by atoms with van der Waals surface area (Å²) >= 11 is 1.79. The van der Waals surface area contributed by atoms with Crippen LogP contribution in [0.25, 0.3) is 0 Å². The predicted octanol–water partition coefficient (Wildman–Crippen LogP) is 3.43. The van der Waals surface area contributed by atoms with E-state index in [4.69, 9.17) is 14.5 Å². The molecular formula is C17H28N2O2S. The molecule has 1 spiro atoms. The Morgan fingerprint density at radius 3 is 2.82 bits per heavy atom. The molecule has 2 saturated heterocycles. The first-order valence-corrected chi connectivity index (χ1v) is 9.32. The molecule has 1 aromatic rings. The van der Waals surface area contributed by atoms with Gasteiger partial charge in [-0.1, -0.05) is 13.8 Å². The Labute approximate surface area is 137 Å². The molecule has 3 heterocycles. The van der Waals surface area contributed by atoms with Gasteiger partial charge in [0.2, 0.25) is 0 Å². The van der Waals surface area contributed by atoms with E-state index >= 15 is 0 Å². The molecule has 0 radical (unpaired) electrons. The highest BCUT2D eigenvalue weighted by Crippen LogP contribution is 2.36. The number of rotatable bonds is 4. The van der Waals surface area contributed by atoms with Crippen LogP contribution < -0.4 is 0 Å². The van der Waals surface area contributed by atoms with E-state index in [1.54, 1.807) is 11.3 Å². The van der Waals surface area contributed by atoms with Crippen LogP contribution in [0.1, 0.15) is 56.2 Å². The van der Waals surface area contributed by atoms with Crippen molar-refractivity contribution >= 4 is 11.3 Å². The maximum Gasteiger partial charge on any atom is 0.0954 e. The molecule has 5 heteroatoms. The minimum Gasteiger partial charge on any atom is -0.381 e. The van der Waals surface area contributed by atoms with Gasteiger partial charge in [0.15, 0.2) is 0 Å². The zero-order valence-corrected chi connectivity index (χ0v) is 14.8. The van der Waals surface area contributed by atoms with Crippen LogP contribution in [0.4, 0.5) is 0 Å². The normalized spacial score (nSPS) is 25.2. The van der Waals surface area contributed by atoms with Gasteiger partial charge in [0, 0.05) is 43.7 Å². The van der Waals surface area contributed by atoms with Gasteiger partial charge in [0.25, 0.3) is 0 Å². The zero-order chi connectivity index (χ0) is 15.6. The smallest absolute Gasteiger partial charge is 0.0954 e. The summed E-state index contributed by atoms with van der Waals surface area (Å²) in [6.07, 6.45) is 4.35. The van der Waals surface area contributed by atoms with Crippen molar-refractivity contribution in [2.45, 2.75) is 63.6 Å². The summed E-state index contributed by atoms with van der Waals surface area (Å²) in [6.45, 7) is 7.93. The van der Waals surface area contributed by atoms with Gasteiger partial charge in [-0.15, -0.1) is 11.3 Å². The van der Waals surface area contributed by atoms with E-state index in [9.17, 15) is 0 Å². The van der Waals surface area contributed by atoms with Gasteiger partial charge >= 0.3 is 0 Å². The third kappa shape index (κ3) is 3.70. The molecule has 2 fully saturated rings. The minimum absolute atomic E-state index is 0.0700. The van der Waals surface area contributed by atoms with Crippen LogP contribution in [0.5, 0.6) is 0 Å². The molecule has 22 heavy (non-hydrogen) atoms. The van der Waals surface area contributed by atoms with Gasteiger partial charge in [-0.05, 0) is 32.7 Å². The zero-order valence-electron chi connectivity index (χ0n) is 14.0. The fourth-order valence-electron chi connectivity index (χ4n) is 3.52. The molecule has 124 valence electrons. The van der Waals surface area contributed by atoms with Crippen molar-refractivity contribution < 1.29 is 9.47 Å². The average molecular weight is 324 g/mol. The fraction of sp³-hybridized carbons (Fsp3) is 0.824. The summed E-state index contributed by atoms with van der Waals surface area (Å²) in [4.78, 5) is 7.25. The Kier molecular flexibility index (Phi) is 5.17. The first-order valence-electron chi connectivity index (χ1n) is 8.44. The van der Waals surface area contributed by atoms with Crippen molar-refractivity contribution in [1.82, 2.24) is 9.88 Å². The molecule has 0 saturated carbocycles. The molecule has 0 N–H and O–H groups in total. The highest BCUT2D eigenvalue weighted by molar-refractivity contribution is 7.09. The number of hydrogen-bond acceptors (Lipinski definition) is 5. The van der Waals surface area contributed by atoms with E-state index in [1.807, 2.05) is 0 Å². The summed E-state index contributed by atoms with van der Waals surface area (Å²) in [6, 6.07) is 0.594. The lowest BCUT2D eigenvalue weighted by molar-refractivity contribution is -0.150. The second-order valence-electron chi connectivity index (χ2n) is 7.04. The molecule has 0 amide bonds. The van der Waals surface area contributed by atoms with Crippen LogP contribution in [-0.2, 0) is 16.0 Å². The maximum atomic E-state index is 6.15. The van der Waals surface area contributed by atoms with Crippen molar-refractivity contribution in [3.63, 3.8) is 0 Å². The van der Waals surface area contributed by atoms with Crippen LogP contribution >= 0.6 is 11.3 Å². The van der Waals surface area contributed by atoms with Crippen LogP contribution in [0, 0.1) is 0 Å².